The Bertz CT molecular complexity index is 1160. The number of hydrogen-bond acceptors (Lipinski definition) is 8. The van der Waals surface area contributed by atoms with Crippen molar-refractivity contribution < 1.29 is 8.81 Å². The van der Waals surface area contributed by atoms with Crippen LogP contribution in [0.2, 0.25) is 0 Å². The zero-order valence-corrected chi connectivity index (χ0v) is 16.2. The predicted octanol–water partition coefficient (Wildman–Crippen LogP) is 2.58. The van der Waals surface area contributed by atoms with Crippen molar-refractivity contribution in [2.24, 2.45) is 0 Å². The number of hydrogen-bond donors (Lipinski definition) is 2. The van der Waals surface area contributed by atoms with Crippen LogP contribution >= 0.6 is 0 Å². The van der Waals surface area contributed by atoms with E-state index in [4.69, 9.17) is 10.2 Å². The molecule has 0 saturated carbocycles. The molecule has 0 spiro atoms. The van der Waals surface area contributed by atoms with E-state index in [0.29, 0.717) is 42.4 Å². The minimum atomic E-state index is -0.208. The molecule has 3 aromatic heterocycles. The molecule has 4 aromatic rings. The number of nitrogens with one attached hydrogen (secondary N) is 1. The van der Waals surface area contributed by atoms with Gasteiger partial charge in [-0.1, -0.05) is 12.1 Å². The van der Waals surface area contributed by atoms with Crippen molar-refractivity contribution in [3.63, 3.8) is 0 Å². The fourth-order valence-corrected chi connectivity index (χ4v) is 3.81. The largest absolute Gasteiger partial charge is 0.461 e. The minimum absolute atomic E-state index is 0.191. The summed E-state index contributed by atoms with van der Waals surface area (Å²) >= 11 is 0. The number of aromatic nitrogens is 5. The smallest absolute Gasteiger partial charge is 0.259 e. The first-order valence-corrected chi connectivity index (χ1v) is 9.82. The molecule has 4 heterocycles. The average Bonchev–Trinajstić information content (AvgIpc) is 3.47. The van der Waals surface area contributed by atoms with Crippen molar-refractivity contribution in [3.05, 3.63) is 54.0 Å². The van der Waals surface area contributed by atoms with E-state index in [-0.39, 0.29) is 11.8 Å². The molecule has 1 saturated heterocycles. The summed E-state index contributed by atoms with van der Waals surface area (Å²) in [6.45, 7) is 2.34. The van der Waals surface area contributed by atoms with E-state index in [2.05, 4.69) is 30.3 Å². The normalized spacial score (nSPS) is 17.0. The Kier molecular flexibility index (Phi) is 4.75. The van der Waals surface area contributed by atoms with E-state index < -0.39 is 0 Å². The van der Waals surface area contributed by atoms with Crippen molar-refractivity contribution in [3.8, 4) is 11.6 Å². The number of anilines is 2. The Labute approximate surface area is 171 Å². The zero-order chi connectivity index (χ0) is 20.5. The van der Waals surface area contributed by atoms with Crippen molar-refractivity contribution in [2.75, 3.05) is 24.1 Å². The van der Waals surface area contributed by atoms with Crippen molar-refractivity contribution in [1.82, 2.24) is 29.5 Å². The van der Waals surface area contributed by atoms with E-state index in [1.165, 1.54) is 10.6 Å². The molecule has 154 valence electrons. The first-order valence-electron chi connectivity index (χ1n) is 9.82. The topological polar surface area (TPSA) is 110 Å². The van der Waals surface area contributed by atoms with Gasteiger partial charge >= 0.3 is 0 Å². The maximum atomic E-state index is 13.5. The zero-order valence-electron chi connectivity index (χ0n) is 16.2. The SMILES string of the molecule is Nc1nc(NC[C@H]2CCCN2Cc2cccc(F)c2)nc2nc(-c3ccco3)nn12. The molecule has 10 heteroatoms. The fourth-order valence-electron chi connectivity index (χ4n) is 3.81. The molecule has 0 bridgehead atoms. The molecule has 0 unspecified atom stereocenters. The highest BCUT2D eigenvalue weighted by atomic mass is 19.1. The van der Waals surface area contributed by atoms with Crippen LogP contribution < -0.4 is 11.1 Å². The lowest BCUT2D eigenvalue weighted by Gasteiger charge is -2.24. The Hall–Kier alpha value is -3.53. The van der Waals surface area contributed by atoms with Gasteiger partial charge in [-0.15, -0.1) is 5.10 Å². The third-order valence-electron chi connectivity index (χ3n) is 5.24. The monoisotopic (exact) mass is 408 g/mol. The van der Waals surface area contributed by atoms with E-state index in [9.17, 15) is 4.39 Å². The highest BCUT2D eigenvalue weighted by Crippen LogP contribution is 2.21. The maximum absolute atomic E-state index is 13.5. The highest BCUT2D eigenvalue weighted by molar-refractivity contribution is 5.52. The molecule has 0 aliphatic carbocycles. The molecule has 1 fully saturated rings. The van der Waals surface area contributed by atoms with E-state index >= 15 is 0 Å². The van der Waals surface area contributed by atoms with Crippen LogP contribution in [0.1, 0.15) is 18.4 Å². The summed E-state index contributed by atoms with van der Waals surface area (Å²) in [4.78, 5) is 15.4. The van der Waals surface area contributed by atoms with Gasteiger partial charge in [-0.2, -0.15) is 19.5 Å². The summed E-state index contributed by atoms with van der Waals surface area (Å²) in [5.74, 6) is 1.66. The van der Waals surface area contributed by atoms with Gasteiger partial charge in [-0.25, -0.2) is 4.39 Å². The van der Waals surface area contributed by atoms with Crippen LogP contribution in [0.3, 0.4) is 0 Å². The summed E-state index contributed by atoms with van der Waals surface area (Å²) in [6.07, 6.45) is 3.70. The van der Waals surface area contributed by atoms with Gasteiger partial charge in [0.05, 0.1) is 6.26 Å². The second-order valence-corrected chi connectivity index (χ2v) is 7.31. The predicted molar refractivity (Wildman–Crippen MR) is 109 cm³/mol. The number of halogens is 1. The number of nitrogens with two attached hydrogens (primary N) is 1. The molecule has 1 aliphatic rings. The van der Waals surface area contributed by atoms with Crippen molar-refractivity contribution in [2.45, 2.75) is 25.4 Å². The lowest BCUT2D eigenvalue weighted by Crippen LogP contribution is -2.34. The summed E-state index contributed by atoms with van der Waals surface area (Å²) in [7, 11) is 0. The van der Waals surface area contributed by atoms with Gasteiger partial charge in [0.1, 0.15) is 5.82 Å². The van der Waals surface area contributed by atoms with E-state index in [1.54, 1.807) is 30.5 Å². The van der Waals surface area contributed by atoms with Crippen LogP contribution in [0.5, 0.6) is 0 Å². The molecule has 1 aliphatic heterocycles. The number of furan rings is 1. The summed E-state index contributed by atoms with van der Waals surface area (Å²) < 4.78 is 20.2. The quantitative estimate of drug-likeness (QED) is 0.501. The third-order valence-corrected chi connectivity index (χ3v) is 5.24. The molecular weight excluding hydrogens is 387 g/mol. The molecular formula is C20H21FN8O. The van der Waals surface area contributed by atoms with Gasteiger partial charge in [0.2, 0.25) is 17.7 Å². The number of nitrogens with zero attached hydrogens (tertiary/aromatic N) is 6. The first kappa shape index (κ1) is 18.5. The fraction of sp³-hybridized carbons (Fsp3) is 0.300. The van der Waals surface area contributed by atoms with Crippen molar-refractivity contribution in [1.29, 1.82) is 0 Å². The second-order valence-electron chi connectivity index (χ2n) is 7.31. The van der Waals surface area contributed by atoms with Crippen LogP contribution in [-0.2, 0) is 6.54 Å². The number of nitrogen functional groups attached to an aromatic ring is 1. The van der Waals surface area contributed by atoms with Gasteiger partial charge in [-0.3, -0.25) is 4.90 Å². The molecule has 9 nitrogen and oxygen atoms in total. The van der Waals surface area contributed by atoms with E-state index in [1.807, 2.05) is 6.07 Å². The molecule has 1 atom stereocenters. The summed E-state index contributed by atoms with van der Waals surface area (Å²) in [5, 5.41) is 7.56. The Balaban J connectivity index is 1.29. The van der Waals surface area contributed by atoms with Crippen LogP contribution in [0, 0.1) is 5.82 Å². The molecule has 3 N–H and O–H groups in total. The Morgan fingerprint density at radius 1 is 1.20 bits per heavy atom. The number of benzene rings is 1. The van der Waals surface area contributed by atoms with Crippen LogP contribution in [0.25, 0.3) is 17.4 Å². The molecule has 5 rings (SSSR count). The number of rotatable bonds is 6. The standard InChI is InChI=1S/C20H21FN8O/c21-14-5-1-4-13(10-14)12-28-8-2-6-15(28)11-23-19-25-18(22)29-20(26-19)24-17(27-29)16-7-3-9-30-16/h1,3-5,7,9-10,15H,2,6,8,11-12H2,(H3,22,23,24,25,26,27)/t15-/m1/s1. The highest BCUT2D eigenvalue weighted by Gasteiger charge is 2.25. The number of fused-ring (bicyclic) bond motifs is 1. The van der Waals surface area contributed by atoms with Gasteiger partial charge in [0.15, 0.2) is 5.76 Å². The molecule has 30 heavy (non-hydrogen) atoms. The lowest BCUT2D eigenvalue weighted by atomic mass is 10.2. The first-order chi connectivity index (χ1) is 14.7. The van der Waals surface area contributed by atoms with Gasteiger partial charge in [0.25, 0.3) is 5.78 Å². The third kappa shape index (κ3) is 3.69. The minimum Gasteiger partial charge on any atom is -0.461 e. The van der Waals surface area contributed by atoms with Gasteiger partial charge in [0, 0.05) is 19.1 Å². The summed E-state index contributed by atoms with van der Waals surface area (Å²) in [5.41, 5.74) is 7.01. The maximum Gasteiger partial charge on any atom is 0.259 e. The Morgan fingerprint density at radius 2 is 2.13 bits per heavy atom. The van der Waals surface area contributed by atoms with Gasteiger partial charge in [-0.05, 0) is 49.2 Å². The number of likely N-dealkylation sites (tertiary alicyclic amines) is 1. The lowest BCUT2D eigenvalue weighted by molar-refractivity contribution is 0.253. The summed E-state index contributed by atoms with van der Waals surface area (Å²) in [6, 6.07) is 10.6. The van der Waals surface area contributed by atoms with E-state index in [0.717, 1.165) is 24.9 Å². The average molecular weight is 408 g/mol. The molecule has 0 amide bonds. The second kappa shape index (κ2) is 7.71. The van der Waals surface area contributed by atoms with Gasteiger partial charge < -0.3 is 15.5 Å². The Morgan fingerprint density at radius 3 is 2.97 bits per heavy atom. The molecule has 0 radical (unpaired) electrons. The van der Waals surface area contributed by atoms with Crippen LogP contribution in [0.15, 0.2) is 47.1 Å². The van der Waals surface area contributed by atoms with Crippen LogP contribution in [-0.4, -0.2) is 48.6 Å². The van der Waals surface area contributed by atoms with Crippen molar-refractivity contribution >= 4 is 17.7 Å². The van der Waals surface area contributed by atoms with Crippen LogP contribution in [0.4, 0.5) is 16.3 Å². The molecule has 1 aromatic carbocycles.